The fourth-order valence-electron chi connectivity index (χ4n) is 0.717. The van der Waals surface area contributed by atoms with Crippen LogP contribution in [0.1, 0.15) is 20.3 Å². The van der Waals surface area contributed by atoms with Crippen LogP contribution < -0.4 is 5.32 Å². The van der Waals surface area contributed by atoms with Crippen molar-refractivity contribution in [1.29, 1.82) is 0 Å². The minimum Gasteiger partial charge on any atom is -0.361 e. The third-order valence-corrected chi connectivity index (χ3v) is 2.46. The molecule has 0 radical (unpaired) electrons. The van der Waals surface area contributed by atoms with Crippen molar-refractivity contribution in [2.45, 2.75) is 20.3 Å². The van der Waals surface area contributed by atoms with Gasteiger partial charge in [0.05, 0.1) is 0 Å². The van der Waals surface area contributed by atoms with E-state index in [1.165, 1.54) is 6.42 Å². The van der Waals surface area contributed by atoms with Crippen LogP contribution >= 0.6 is 11.3 Å². The highest BCUT2D eigenvalue weighted by Gasteiger charge is 1.98. The molecule has 0 bridgehead atoms. The van der Waals surface area contributed by atoms with Crippen molar-refractivity contribution in [2.24, 2.45) is 5.92 Å². The predicted octanol–water partition coefficient (Wildman–Crippen LogP) is 2.60. The zero-order chi connectivity index (χ0) is 8.10. The first-order valence-corrected chi connectivity index (χ1v) is 4.84. The molecule has 0 fully saturated rings. The number of hydrogen-bond donors (Lipinski definition) is 1. The Kier molecular flexibility index (Phi) is 3.36. The van der Waals surface area contributed by atoms with Gasteiger partial charge in [0.1, 0.15) is 0 Å². The van der Waals surface area contributed by atoms with Gasteiger partial charge in [0.25, 0.3) is 0 Å². The molecular weight excluding hydrogens is 156 g/mol. The maximum absolute atomic E-state index is 4.13. The second-order valence-electron chi connectivity index (χ2n) is 2.73. The SMILES string of the molecule is CC[C@H](C)CNc1nccs1. The van der Waals surface area contributed by atoms with Crippen molar-refractivity contribution in [3.05, 3.63) is 11.6 Å². The molecule has 1 N–H and O–H groups in total. The summed E-state index contributed by atoms with van der Waals surface area (Å²) in [6.07, 6.45) is 3.04. The molecule has 1 aromatic rings. The number of anilines is 1. The van der Waals surface area contributed by atoms with E-state index < -0.39 is 0 Å². The summed E-state index contributed by atoms with van der Waals surface area (Å²) < 4.78 is 0. The molecule has 2 nitrogen and oxygen atoms in total. The van der Waals surface area contributed by atoms with E-state index >= 15 is 0 Å². The normalized spacial score (nSPS) is 12.9. The molecule has 0 aliphatic rings. The molecule has 0 aromatic carbocycles. The minimum absolute atomic E-state index is 0.735. The van der Waals surface area contributed by atoms with Gasteiger partial charge >= 0.3 is 0 Å². The molecule has 1 atom stereocenters. The van der Waals surface area contributed by atoms with E-state index in [-0.39, 0.29) is 0 Å². The standard InChI is InChI=1S/C8H14N2S/c1-3-7(2)6-10-8-9-4-5-11-8/h4-5,7H,3,6H2,1-2H3,(H,9,10)/t7-/m0/s1. The fraction of sp³-hybridized carbons (Fsp3) is 0.625. The molecule has 1 aromatic heterocycles. The average molecular weight is 170 g/mol. The van der Waals surface area contributed by atoms with Gasteiger partial charge in [-0.1, -0.05) is 20.3 Å². The van der Waals surface area contributed by atoms with Crippen LogP contribution in [0.2, 0.25) is 0 Å². The molecule has 3 heteroatoms. The van der Waals surface area contributed by atoms with Gasteiger partial charge < -0.3 is 5.32 Å². The Bertz CT molecular complexity index is 184. The highest BCUT2D eigenvalue weighted by Crippen LogP contribution is 2.11. The van der Waals surface area contributed by atoms with E-state index in [0.717, 1.165) is 17.6 Å². The van der Waals surface area contributed by atoms with E-state index in [2.05, 4.69) is 24.1 Å². The van der Waals surface area contributed by atoms with Gasteiger partial charge in [-0.3, -0.25) is 0 Å². The summed E-state index contributed by atoms with van der Waals surface area (Å²) in [6, 6.07) is 0. The molecule has 0 aliphatic carbocycles. The maximum atomic E-state index is 4.13. The second-order valence-corrected chi connectivity index (χ2v) is 3.63. The summed E-state index contributed by atoms with van der Waals surface area (Å²) in [5.74, 6) is 0.735. The lowest BCUT2D eigenvalue weighted by Gasteiger charge is -2.07. The van der Waals surface area contributed by atoms with Gasteiger partial charge in [-0.05, 0) is 5.92 Å². The lowest BCUT2D eigenvalue weighted by atomic mass is 10.1. The zero-order valence-corrected chi connectivity index (χ0v) is 7.82. The fourth-order valence-corrected chi connectivity index (χ4v) is 1.26. The quantitative estimate of drug-likeness (QED) is 0.751. The minimum atomic E-state index is 0.735. The highest BCUT2D eigenvalue weighted by molar-refractivity contribution is 7.13. The summed E-state index contributed by atoms with van der Waals surface area (Å²) >= 11 is 1.65. The number of hydrogen-bond acceptors (Lipinski definition) is 3. The van der Waals surface area contributed by atoms with Crippen molar-refractivity contribution < 1.29 is 0 Å². The molecule has 11 heavy (non-hydrogen) atoms. The first-order valence-electron chi connectivity index (χ1n) is 3.96. The third-order valence-electron chi connectivity index (χ3n) is 1.73. The number of rotatable bonds is 4. The van der Waals surface area contributed by atoms with Crippen molar-refractivity contribution in [2.75, 3.05) is 11.9 Å². The van der Waals surface area contributed by atoms with Crippen molar-refractivity contribution >= 4 is 16.5 Å². The van der Waals surface area contributed by atoms with Gasteiger partial charge in [0, 0.05) is 18.1 Å². The number of nitrogens with zero attached hydrogens (tertiary/aromatic N) is 1. The molecule has 0 spiro atoms. The van der Waals surface area contributed by atoms with E-state index in [4.69, 9.17) is 0 Å². The Morgan fingerprint density at radius 2 is 2.55 bits per heavy atom. The van der Waals surface area contributed by atoms with Crippen molar-refractivity contribution in [3.63, 3.8) is 0 Å². The molecule has 0 saturated carbocycles. The van der Waals surface area contributed by atoms with Crippen molar-refractivity contribution in [3.8, 4) is 0 Å². The van der Waals surface area contributed by atoms with E-state index in [1.807, 2.05) is 11.6 Å². The molecule has 0 aliphatic heterocycles. The second kappa shape index (κ2) is 4.34. The molecule has 0 saturated heterocycles. The number of aromatic nitrogens is 1. The van der Waals surface area contributed by atoms with E-state index in [9.17, 15) is 0 Å². The Morgan fingerprint density at radius 1 is 1.73 bits per heavy atom. The lowest BCUT2D eigenvalue weighted by Crippen LogP contribution is -2.09. The van der Waals surface area contributed by atoms with Gasteiger partial charge in [0.15, 0.2) is 5.13 Å². The molecule has 1 rings (SSSR count). The van der Waals surface area contributed by atoms with Gasteiger partial charge in [0.2, 0.25) is 0 Å². The summed E-state index contributed by atoms with van der Waals surface area (Å²) in [6.45, 7) is 5.47. The van der Waals surface area contributed by atoms with Gasteiger partial charge in [-0.25, -0.2) is 4.98 Å². The zero-order valence-electron chi connectivity index (χ0n) is 7.00. The lowest BCUT2D eigenvalue weighted by molar-refractivity contribution is 0.593. The number of nitrogens with one attached hydrogen (secondary N) is 1. The molecule has 1 heterocycles. The largest absolute Gasteiger partial charge is 0.361 e. The Balaban J connectivity index is 2.23. The maximum Gasteiger partial charge on any atom is 0.182 e. The third kappa shape index (κ3) is 2.89. The molecular formula is C8H14N2S. The van der Waals surface area contributed by atoms with Crippen LogP contribution in [0.4, 0.5) is 5.13 Å². The van der Waals surface area contributed by atoms with Crippen LogP contribution in [0.5, 0.6) is 0 Å². The van der Waals surface area contributed by atoms with Crippen LogP contribution in [0, 0.1) is 5.92 Å². The highest BCUT2D eigenvalue weighted by atomic mass is 32.1. The first kappa shape index (κ1) is 8.53. The Morgan fingerprint density at radius 3 is 3.09 bits per heavy atom. The molecule has 0 amide bonds. The molecule has 62 valence electrons. The Labute approximate surface area is 71.7 Å². The van der Waals surface area contributed by atoms with Crippen molar-refractivity contribution in [1.82, 2.24) is 4.98 Å². The van der Waals surface area contributed by atoms with E-state index in [0.29, 0.717) is 0 Å². The topological polar surface area (TPSA) is 24.9 Å². The average Bonchev–Trinajstić information content (AvgIpc) is 2.52. The van der Waals surface area contributed by atoms with Crippen LogP contribution in [0.25, 0.3) is 0 Å². The molecule has 0 unspecified atom stereocenters. The monoisotopic (exact) mass is 170 g/mol. The summed E-state index contributed by atoms with van der Waals surface area (Å²) in [7, 11) is 0. The van der Waals surface area contributed by atoms with Gasteiger partial charge in [-0.2, -0.15) is 0 Å². The van der Waals surface area contributed by atoms with Crippen LogP contribution in [0.3, 0.4) is 0 Å². The number of thiazole rings is 1. The van der Waals surface area contributed by atoms with Crippen LogP contribution in [-0.4, -0.2) is 11.5 Å². The Hall–Kier alpha value is -0.570. The van der Waals surface area contributed by atoms with Gasteiger partial charge in [-0.15, -0.1) is 11.3 Å². The smallest absolute Gasteiger partial charge is 0.182 e. The predicted molar refractivity (Wildman–Crippen MR) is 50.1 cm³/mol. The summed E-state index contributed by atoms with van der Waals surface area (Å²) in [4.78, 5) is 4.13. The van der Waals surface area contributed by atoms with Crippen LogP contribution in [0.15, 0.2) is 11.6 Å². The summed E-state index contributed by atoms with van der Waals surface area (Å²) in [5.41, 5.74) is 0. The van der Waals surface area contributed by atoms with Crippen LogP contribution in [-0.2, 0) is 0 Å². The summed E-state index contributed by atoms with van der Waals surface area (Å²) in [5, 5.41) is 6.30. The first-order chi connectivity index (χ1) is 5.33. The van der Waals surface area contributed by atoms with E-state index in [1.54, 1.807) is 11.3 Å².